The Bertz CT molecular complexity index is 317. The van der Waals surface area contributed by atoms with Gasteiger partial charge in [-0.2, -0.15) is 0 Å². The highest BCUT2D eigenvalue weighted by molar-refractivity contribution is 9.10. The molecule has 0 fully saturated rings. The van der Waals surface area contributed by atoms with Crippen molar-refractivity contribution in [3.8, 4) is 0 Å². The van der Waals surface area contributed by atoms with Crippen LogP contribution in [0.4, 0.5) is 8.78 Å². The first-order valence-corrected chi connectivity index (χ1v) is 4.40. The smallest absolute Gasteiger partial charge is 0.264 e. The molecule has 0 radical (unpaired) electrons. The van der Waals surface area contributed by atoms with Gasteiger partial charge in [-0.15, -0.1) is 0 Å². The zero-order chi connectivity index (χ0) is 10.0. The van der Waals surface area contributed by atoms with Crippen molar-refractivity contribution < 1.29 is 13.9 Å². The summed E-state index contributed by atoms with van der Waals surface area (Å²) in [5.41, 5.74) is 0.465. The summed E-state index contributed by atoms with van der Waals surface area (Å²) in [5, 5.41) is 8.85. The fourth-order valence-electron chi connectivity index (χ4n) is 1.08. The van der Waals surface area contributed by atoms with Crippen LogP contribution in [0.5, 0.6) is 0 Å². The van der Waals surface area contributed by atoms with E-state index in [2.05, 4.69) is 20.9 Å². The SMILES string of the molecule is Cc1nc(Br)cc(C(F)F)c1CO. The molecule has 72 valence electrons. The number of aromatic nitrogens is 1. The van der Waals surface area contributed by atoms with E-state index in [0.29, 0.717) is 10.3 Å². The zero-order valence-corrected chi connectivity index (χ0v) is 8.48. The number of alkyl halides is 2. The molecule has 13 heavy (non-hydrogen) atoms. The minimum absolute atomic E-state index is 0.165. The minimum Gasteiger partial charge on any atom is -0.392 e. The fourth-order valence-corrected chi connectivity index (χ4v) is 1.60. The summed E-state index contributed by atoms with van der Waals surface area (Å²) >= 11 is 3.02. The van der Waals surface area contributed by atoms with Crippen molar-refractivity contribution in [1.82, 2.24) is 4.98 Å². The molecule has 1 rings (SSSR count). The van der Waals surface area contributed by atoms with Gasteiger partial charge in [-0.05, 0) is 28.9 Å². The van der Waals surface area contributed by atoms with Crippen molar-refractivity contribution in [2.75, 3.05) is 0 Å². The van der Waals surface area contributed by atoms with E-state index in [9.17, 15) is 8.78 Å². The van der Waals surface area contributed by atoms with Crippen LogP contribution in [0, 0.1) is 6.92 Å². The first-order valence-electron chi connectivity index (χ1n) is 3.61. The number of halogens is 3. The Morgan fingerprint density at radius 1 is 1.62 bits per heavy atom. The standard InChI is InChI=1S/C8H8BrF2NO/c1-4-6(3-13)5(8(10)11)2-7(9)12-4/h2,8,13H,3H2,1H3. The maximum Gasteiger partial charge on any atom is 0.264 e. The average molecular weight is 252 g/mol. The van der Waals surface area contributed by atoms with Gasteiger partial charge in [0.2, 0.25) is 0 Å². The third-order valence-electron chi connectivity index (χ3n) is 1.73. The number of aryl methyl sites for hydroxylation is 1. The second-order valence-corrected chi connectivity index (χ2v) is 3.37. The molecule has 0 atom stereocenters. The van der Waals surface area contributed by atoms with E-state index < -0.39 is 13.0 Å². The quantitative estimate of drug-likeness (QED) is 0.820. The number of pyridine rings is 1. The zero-order valence-electron chi connectivity index (χ0n) is 6.89. The number of hydrogen-bond donors (Lipinski definition) is 1. The third-order valence-corrected chi connectivity index (χ3v) is 2.13. The Kier molecular flexibility index (Phi) is 3.33. The maximum absolute atomic E-state index is 12.4. The first kappa shape index (κ1) is 10.5. The molecule has 0 aliphatic carbocycles. The van der Waals surface area contributed by atoms with Gasteiger partial charge in [0.15, 0.2) is 0 Å². The van der Waals surface area contributed by atoms with E-state index in [1.54, 1.807) is 6.92 Å². The monoisotopic (exact) mass is 251 g/mol. The lowest BCUT2D eigenvalue weighted by Crippen LogP contribution is -2.00. The van der Waals surface area contributed by atoms with E-state index in [1.165, 1.54) is 6.07 Å². The molecule has 5 heteroatoms. The Morgan fingerprint density at radius 3 is 2.69 bits per heavy atom. The fraction of sp³-hybridized carbons (Fsp3) is 0.375. The molecule has 0 saturated heterocycles. The van der Waals surface area contributed by atoms with Gasteiger partial charge in [-0.1, -0.05) is 0 Å². The lowest BCUT2D eigenvalue weighted by Gasteiger charge is -2.09. The van der Waals surface area contributed by atoms with Gasteiger partial charge in [0, 0.05) is 16.8 Å². The van der Waals surface area contributed by atoms with Gasteiger partial charge in [-0.25, -0.2) is 13.8 Å². The number of aliphatic hydroxyl groups is 1. The Hall–Kier alpha value is -0.550. The molecule has 0 saturated carbocycles. The van der Waals surface area contributed by atoms with Crippen LogP contribution in [0.25, 0.3) is 0 Å². The Labute approximate surface area is 82.7 Å². The van der Waals surface area contributed by atoms with Crippen LogP contribution in [-0.2, 0) is 6.61 Å². The second kappa shape index (κ2) is 4.11. The first-order chi connectivity index (χ1) is 6.06. The normalized spacial score (nSPS) is 10.9. The van der Waals surface area contributed by atoms with Crippen molar-refractivity contribution in [3.63, 3.8) is 0 Å². The second-order valence-electron chi connectivity index (χ2n) is 2.56. The summed E-state index contributed by atoms with van der Waals surface area (Å²) in [4.78, 5) is 3.91. The molecule has 0 aromatic carbocycles. The summed E-state index contributed by atoms with van der Waals surface area (Å²) in [6.45, 7) is 1.17. The van der Waals surface area contributed by atoms with Crippen LogP contribution in [0.1, 0.15) is 23.2 Å². The van der Waals surface area contributed by atoms with Crippen LogP contribution in [0.2, 0.25) is 0 Å². The summed E-state index contributed by atoms with van der Waals surface area (Å²) in [7, 11) is 0. The van der Waals surface area contributed by atoms with E-state index in [4.69, 9.17) is 5.11 Å². The summed E-state index contributed by atoms with van der Waals surface area (Å²) in [6, 6.07) is 1.23. The van der Waals surface area contributed by atoms with Crippen LogP contribution in [-0.4, -0.2) is 10.1 Å². The van der Waals surface area contributed by atoms with Crippen LogP contribution >= 0.6 is 15.9 Å². The highest BCUT2D eigenvalue weighted by atomic mass is 79.9. The average Bonchev–Trinajstić information content (AvgIpc) is 2.02. The van der Waals surface area contributed by atoms with E-state index in [1.807, 2.05) is 0 Å². The number of aliphatic hydroxyl groups excluding tert-OH is 1. The van der Waals surface area contributed by atoms with Gasteiger partial charge in [0.1, 0.15) is 4.60 Å². The lowest BCUT2D eigenvalue weighted by atomic mass is 10.1. The highest BCUT2D eigenvalue weighted by Gasteiger charge is 2.15. The van der Waals surface area contributed by atoms with Gasteiger partial charge in [-0.3, -0.25) is 0 Å². The molecule has 0 bridgehead atoms. The molecule has 0 aliphatic rings. The van der Waals surface area contributed by atoms with Gasteiger partial charge in [0.25, 0.3) is 6.43 Å². The lowest BCUT2D eigenvalue weighted by molar-refractivity contribution is 0.146. The predicted molar refractivity (Wildman–Crippen MR) is 47.6 cm³/mol. The Balaban J connectivity index is 3.29. The molecule has 0 spiro atoms. The number of nitrogens with zero attached hydrogens (tertiary/aromatic N) is 1. The summed E-state index contributed by atoms with van der Waals surface area (Å²) in [5.74, 6) is 0. The molecular formula is C8H8BrF2NO. The molecule has 1 aromatic heterocycles. The van der Waals surface area contributed by atoms with E-state index in [0.717, 1.165) is 0 Å². The molecule has 0 amide bonds. The van der Waals surface area contributed by atoms with Gasteiger partial charge in [0.05, 0.1) is 6.61 Å². The van der Waals surface area contributed by atoms with Crippen LogP contribution in [0.3, 0.4) is 0 Å². The van der Waals surface area contributed by atoms with E-state index >= 15 is 0 Å². The molecule has 1 N–H and O–H groups in total. The minimum atomic E-state index is -2.58. The molecule has 1 heterocycles. The molecule has 0 aliphatic heterocycles. The van der Waals surface area contributed by atoms with Crippen molar-refractivity contribution in [1.29, 1.82) is 0 Å². The van der Waals surface area contributed by atoms with Gasteiger partial charge < -0.3 is 5.11 Å². The van der Waals surface area contributed by atoms with Crippen molar-refractivity contribution >= 4 is 15.9 Å². The number of rotatable bonds is 2. The van der Waals surface area contributed by atoms with Crippen LogP contribution in [0.15, 0.2) is 10.7 Å². The van der Waals surface area contributed by atoms with Crippen molar-refractivity contribution in [3.05, 3.63) is 27.5 Å². The van der Waals surface area contributed by atoms with Crippen molar-refractivity contribution in [2.45, 2.75) is 20.0 Å². The molecule has 0 unspecified atom stereocenters. The third kappa shape index (κ3) is 2.22. The highest BCUT2D eigenvalue weighted by Crippen LogP contribution is 2.26. The largest absolute Gasteiger partial charge is 0.392 e. The van der Waals surface area contributed by atoms with Gasteiger partial charge >= 0.3 is 0 Å². The molecule has 1 aromatic rings. The van der Waals surface area contributed by atoms with Crippen LogP contribution < -0.4 is 0 Å². The van der Waals surface area contributed by atoms with E-state index in [-0.39, 0.29) is 11.1 Å². The predicted octanol–water partition coefficient (Wildman–Crippen LogP) is 2.58. The maximum atomic E-state index is 12.4. The Morgan fingerprint density at radius 2 is 2.23 bits per heavy atom. The molecular weight excluding hydrogens is 244 g/mol. The summed E-state index contributed by atoms with van der Waals surface area (Å²) in [6.07, 6.45) is -2.58. The topological polar surface area (TPSA) is 33.1 Å². The molecule has 2 nitrogen and oxygen atoms in total. The van der Waals surface area contributed by atoms with Crippen molar-refractivity contribution in [2.24, 2.45) is 0 Å². The summed E-state index contributed by atoms with van der Waals surface area (Å²) < 4.78 is 25.2. The number of hydrogen-bond acceptors (Lipinski definition) is 2.